The van der Waals surface area contributed by atoms with Gasteiger partial charge in [0.2, 0.25) is 0 Å². The van der Waals surface area contributed by atoms with Crippen molar-refractivity contribution in [3.63, 3.8) is 0 Å². The molecule has 21 heavy (non-hydrogen) atoms. The van der Waals surface area contributed by atoms with Crippen LogP contribution in [0.3, 0.4) is 0 Å². The molecule has 0 radical (unpaired) electrons. The van der Waals surface area contributed by atoms with Crippen molar-refractivity contribution in [3.05, 3.63) is 42.2 Å². The normalized spacial score (nSPS) is 21.4. The molecule has 2 aromatic rings. The number of aliphatic hydroxyl groups excluding tert-OH is 1. The molecule has 2 unspecified atom stereocenters. The van der Waals surface area contributed by atoms with Crippen molar-refractivity contribution < 1.29 is 9.90 Å². The van der Waals surface area contributed by atoms with Crippen molar-refractivity contribution in [1.29, 1.82) is 0 Å². The molecule has 1 aromatic carbocycles. The quantitative estimate of drug-likeness (QED) is 0.884. The average molecular weight is 286 g/mol. The number of nitrogens with one attached hydrogen (secondary N) is 1. The fourth-order valence-corrected chi connectivity index (χ4v) is 2.74. The Morgan fingerprint density at radius 3 is 2.90 bits per heavy atom. The summed E-state index contributed by atoms with van der Waals surface area (Å²) in [4.78, 5) is 13.6. The fraction of sp³-hybridized carbons (Fsp3) is 0.400. The monoisotopic (exact) mass is 286 g/mol. The van der Waals surface area contributed by atoms with Gasteiger partial charge in [-0.15, -0.1) is 5.10 Å². The van der Waals surface area contributed by atoms with E-state index in [0.29, 0.717) is 5.69 Å². The number of para-hydroxylation sites is 1. The second kappa shape index (κ2) is 6.05. The Labute approximate surface area is 122 Å². The van der Waals surface area contributed by atoms with Crippen molar-refractivity contribution >= 4 is 5.91 Å². The molecule has 0 saturated heterocycles. The maximum absolute atomic E-state index is 12.2. The van der Waals surface area contributed by atoms with Gasteiger partial charge in [0, 0.05) is 18.6 Å². The molecule has 0 bridgehead atoms. The van der Waals surface area contributed by atoms with Crippen LogP contribution in [-0.4, -0.2) is 38.7 Å². The van der Waals surface area contributed by atoms with Crippen LogP contribution in [0.1, 0.15) is 29.8 Å². The predicted octanol–water partition coefficient (Wildman–Crippen LogP) is 1.16. The summed E-state index contributed by atoms with van der Waals surface area (Å²) in [6.45, 7) is 0.113. The van der Waals surface area contributed by atoms with E-state index in [4.69, 9.17) is 0 Å². The first-order chi connectivity index (χ1) is 10.3. The summed E-state index contributed by atoms with van der Waals surface area (Å²) in [5.41, 5.74) is 1.10. The molecule has 6 heteroatoms. The summed E-state index contributed by atoms with van der Waals surface area (Å²) in [7, 11) is 0. The van der Waals surface area contributed by atoms with E-state index in [-0.39, 0.29) is 24.5 Å². The first kappa shape index (κ1) is 13.8. The van der Waals surface area contributed by atoms with E-state index in [1.165, 1.54) is 11.0 Å². The highest BCUT2D eigenvalue weighted by Gasteiger charge is 2.28. The van der Waals surface area contributed by atoms with Crippen LogP contribution in [0.2, 0.25) is 0 Å². The number of aromatic nitrogens is 3. The van der Waals surface area contributed by atoms with E-state index in [2.05, 4.69) is 15.5 Å². The second-order valence-corrected chi connectivity index (χ2v) is 5.31. The van der Waals surface area contributed by atoms with Crippen molar-refractivity contribution in [1.82, 2.24) is 20.3 Å². The van der Waals surface area contributed by atoms with Crippen LogP contribution < -0.4 is 5.32 Å². The molecule has 2 atom stereocenters. The summed E-state index contributed by atoms with van der Waals surface area (Å²) >= 11 is 0. The zero-order chi connectivity index (χ0) is 14.7. The molecule has 3 rings (SSSR count). The fourth-order valence-electron chi connectivity index (χ4n) is 2.74. The molecule has 1 heterocycles. The van der Waals surface area contributed by atoms with Crippen LogP contribution in [0.25, 0.3) is 5.69 Å². The lowest BCUT2D eigenvalue weighted by atomic mass is 10.1. The zero-order valence-electron chi connectivity index (χ0n) is 11.6. The Morgan fingerprint density at radius 2 is 2.14 bits per heavy atom. The van der Waals surface area contributed by atoms with Crippen LogP contribution in [0.4, 0.5) is 0 Å². The number of aliphatic hydroxyl groups is 1. The second-order valence-electron chi connectivity index (χ2n) is 5.31. The standard InChI is InChI=1S/C15H18N4O2/c20-10-11-5-4-8-13(11)17-15(21)14-9-16-19(18-14)12-6-2-1-3-7-12/h1-3,6-7,9,11,13,20H,4-5,8,10H2,(H,17,21). The van der Waals surface area contributed by atoms with Gasteiger partial charge in [0.25, 0.3) is 5.91 Å². The van der Waals surface area contributed by atoms with Gasteiger partial charge in [-0.1, -0.05) is 24.6 Å². The van der Waals surface area contributed by atoms with Gasteiger partial charge in [-0.3, -0.25) is 4.79 Å². The van der Waals surface area contributed by atoms with E-state index < -0.39 is 0 Å². The van der Waals surface area contributed by atoms with Crippen LogP contribution in [0.15, 0.2) is 36.5 Å². The van der Waals surface area contributed by atoms with Gasteiger partial charge < -0.3 is 10.4 Å². The maximum Gasteiger partial charge on any atom is 0.273 e. The van der Waals surface area contributed by atoms with Crippen molar-refractivity contribution in [2.24, 2.45) is 5.92 Å². The van der Waals surface area contributed by atoms with Crippen molar-refractivity contribution in [3.8, 4) is 5.69 Å². The van der Waals surface area contributed by atoms with E-state index in [1.54, 1.807) is 0 Å². The van der Waals surface area contributed by atoms with E-state index in [0.717, 1.165) is 24.9 Å². The molecule has 1 aliphatic rings. The SMILES string of the molecule is O=C(NC1CCCC1CO)c1cnn(-c2ccccc2)n1. The number of amides is 1. The number of nitrogens with zero attached hydrogens (tertiary/aromatic N) is 3. The van der Waals surface area contributed by atoms with Gasteiger partial charge in [-0.05, 0) is 25.0 Å². The number of hydrogen-bond acceptors (Lipinski definition) is 4. The molecular formula is C15H18N4O2. The molecule has 1 aliphatic carbocycles. The highest BCUT2D eigenvalue weighted by molar-refractivity contribution is 5.92. The number of carbonyl (C=O) groups excluding carboxylic acids is 1. The van der Waals surface area contributed by atoms with Gasteiger partial charge in [0.1, 0.15) is 0 Å². The number of rotatable bonds is 4. The molecule has 0 aliphatic heterocycles. The van der Waals surface area contributed by atoms with Crippen LogP contribution in [-0.2, 0) is 0 Å². The van der Waals surface area contributed by atoms with Crippen LogP contribution >= 0.6 is 0 Å². The summed E-state index contributed by atoms with van der Waals surface area (Å²) in [6, 6.07) is 9.48. The Kier molecular flexibility index (Phi) is 3.96. The van der Waals surface area contributed by atoms with E-state index >= 15 is 0 Å². The molecule has 6 nitrogen and oxygen atoms in total. The van der Waals surface area contributed by atoms with Gasteiger partial charge in [-0.25, -0.2) is 0 Å². The van der Waals surface area contributed by atoms with Crippen LogP contribution in [0.5, 0.6) is 0 Å². The molecule has 2 N–H and O–H groups in total. The summed E-state index contributed by atoms with van der Waals surface area (Å²) in [5.74, 6) is -0.0827. The first-order valence-electron chi connectivity index (χ1n) is 7.17. The maximum atomic E-state index is 12.2. The Bertz CT molecular complexity index is 611. The number of benzene rings is 1. The first-order valence-corrected chi connectivity index (χ1v) is 7.17. The molecule has 110 valence electrons. The van der Waals surface area contributed by atoms with Crippen molar-refractivity contribution in [2.45, 2.75) is 25.3 Å². The molecule has 1 saturated carbocycles. The van der Waals surface area contributed by atoms with Gasteiger partial charge in [0.05, 0.1) is 11.9 Å². The third-order valence-corrected chi connectivity index (χ3v) is 3.92. The lowest BCUT2D eigenvalue weighted by Crippen LogP contribution is -2.38. The highest BCUT2D eigenvalue weighted by Crippen LogP contribution is 2.25. The summed E-state index contributed by atoms with van der Waals surface area (Å²) in [6.07, 6.45) is 4.36. The lowest BCUT2D eigenvalue weighted by molar-refractivity contribution is 0.0910. The lowest BCUT2D eigenvalue weighted by Gasteiger charge is -2.18. The average Bonchev–Trinajstić information content (AvgIpc) is 3.17. The van der Waals surface area contributed by atoms with Crippen molar-refractivity contribution in [2.75, 3.05) is 6.61 Å². The summed E-state index contributed by atoms with van der Waals surface area (Å²) in [5, 5.41) is 20.6. The zero-order valence-corrected chi connectivity index (χ0v) is 11.6. The molecule has 0 spiro atoms. The minimum absolute atomic E-state index is 0.0318. The molecular weight excluding hydrogens is 268 g/mol. The number of hydrogen-bond donors (Lipinski definition) is 2. The minimum atomic E-state index is -0.234. The highest BCUT2D eigenvalue weighted by atomic mass is 16.3. The number of carbonyl (C=O) groups is 1. The van der Waals surface area contributed by atoms with Gasteiger partial charge in [-0.2, -0.15) is 9.90 Å². The third-order valence-electron chi connectivity index (χ3n) is 3.92. The third kappa shape index (κ3) is 2.95. The van der Waals surface area contributed by atoms with Gasteiger partial charge in [0.15, 0.2) is 5.69 Å². The smallest absolute Gasteiger partial charge is 0.273 e. The molecule has 1 amide bonds. The van der Waals surface area contributed by atoms with E-state index in [9.17, 15) is 9.90 Å². The Balaban J connectivity index is 1.70. The van der Waals surface area contributed by atoms with Crippen LogP contribution in [0, 0.1) is 5.92 Å². The Hall–Kier alpha value is -2.21. The molecule has 1 fully saturated rings. The summed E-state index contributed by atoms with van der Waals surface area (Å²) < 4.78 is 0. The largest absolute Gasteiger partial charge is 0.396 e. The minimum Gasteiger partial charge on any atom is -0.396 e. The van der Waals surface area contributed by atoms with E-state index in [1.807, 2.05) is 30.3 Å². The van der Waals surface area contributed by atoms with Gasteiger partial charge >= 0.3 is 0 Å². The topological polar surface area (TPSA) is 80.0 Å². The predicted molar refractivity (Wildman–Crippen MR) is 77.0 cm³/mol. The molecule has 1 aromatic heterocycles. The Morgan fingerprint density at radius 1 is 1.33 bits per heavy atom.